The Morgan fingerprint density at radius 2 is 1.86 bits per heavy atom. The fourth-order valence-corrected chi connectivity index (χ4v) is 5.14. The number of halogens is 1. The predicted molar refractivity (Wildman–Crippen MR) is 117 cm³/mol. The summed E-state index contributed by atoms with van der Waals surface area (Å²) in [5.41, 5.74) is 1.30. The topological polar surface area (TPSA) is 69.7 Å². The van der Waals surface area contributed by atoms with E-state index in [0.29, 0.717) is 24.5 Å². The van der Waals surface area contributed by atoms with Gasteiger partial charge in [0, 0.05) is 28.1 Å². The maximum absolute atomic E-state index is 13.2. The van der Waals surface area contributed by atoms with Gasteiger partial charge in [-0.25, -0.2) is 0 Å². The average molecular weight is 474 g/mol. The molecule has 8 heteroatoms. The second-order valence-electron chi connectivity index (χ2n) is 6.98. The van der Waals surface area contributed by atoms with Crippen LogP contribution in [0.4, 0.5) is 11.4 Å². The minimum Gasteiger partial charge on any atom is -0.341 e. The average Bonchev–Trinajstić information content (AvgIpc) is 3.24. The Morgan fingerprint density at radius 3 is 2.62 bits per heavy atom. The predicted octanol–water partition coefficient (Wildman–Crippen LogP) is 3.52. The van der Waals surface area contributed by atoms with Crippen LogP contribution in [0.25, 0.3) is 0 Å². The van der Waals surface area contributed by atoms with E-state index in [-0.39, 0.29) is 24.3 Å². The summed E-state index contributed by atoms with van der Waals surface area (Å²) in [6.45, 7) is 1.23. The van der Waals surface area contributed by atoms with Gasteiger partial charge in [0.05, 0.1) is 5.69 Å². The Bertz CT molecular complexity index is 962. The molecule has 0 aliphatic carbocycles. The summed E-state index contributed by atoms with van der Waals surface area (Å²) in [7, 11) is 0. The number of thioether (sulfide) groups is 1. The van der Waals surface area contributed by atoms with Crippen molar-refractivity contribution in [3.63, 3.8) is 0 Å². The number of anilines is 2. The highest BCUT2D eigenvalue weighted by Gasteiger charge is 2.41. The number of hydrogen-bond donors (Lipinski definition) is 1. The number of carbonyl (C=O) groups is 3. The Hall–Kier alpha value is -2.32. The Kier molecular flexibility index (Phi) is 5.91. The van der Waals surface area contributed by atoms with Crippen molar-refractivity contribution >= 4 is 56.8 Å². The number of nitrogens with one attached hydrogen (secondary N) is 1. The van der Waals surface area contributed by atoms with E-state index in [2.05, 4.69) is 21.2 Å². The summed E-state index contributed by atoms with van der Waals surface area (Å²) in [4.78, 5) is 42.8. The molecule has 2 heterocycles. The molecule has 1 N–H and O–H groups in total. The lowest BCUT2D eigenvalue weighted by molar-refractivity contribution is -0.134. The zero-order valence-electron chi connectivity index (χ0n) is 15.6. The zero-order valence-corrected chi connectivity index (χ0v) is 18.0. The molecule has 4 rings (SSSR count). The molecule has 0 aromatic heterocycles. The normalized spacial score (nSPS) is 18.5. The first-order valence-electron chi connectivity index (χ1n) is 9.44. The van der Waals surface area contributed by atoms with Gasteiger partial charge >= 0.3 is 0 Å². The van der Waals surface area contributed by atoms with Gasteiger partial charge in [-0.05, 0) is 43.2 Å². The van der Waals surface area contributed by atoms with E-state index in [1.165, 1.54) is 16.7 Å². The first-order valence-corrected chi connectivity index (χ1v) is 11.1. The Labute approximate surface area is 181 Å². The monoisotopic (exact) mass is 473 g/mol. The van der Waals surface area contributed by atoms with Crippen molar-refractivity contribution in [1.29, 1.82) is 0 Å². The number of fused-ring (bicyclic) bond motifs is 1. The summed E-state index contributed by atoms with van der Waals surface area (Å²) in [5.74, 6) is -0.815. The summed E-state index contributed by atoms with van der Waals surface area (Å²) in [6.07, 6.45) is 1.93. The van der Waals surface area contributed by atoms with Gasteiger partial charge in [-0.2, -0.15) is 0 Å². The van der Waals surface area contributed by atoms with Gasteiger partial charge in [0.15, 0.2) is 5.25 Å². The van der Waals surface area contributed by atoms with Gasteiger partial charge in [0.25, 0.3) is 5.91 Å². The minimum absolute atomic E-state index is 0.146. The molecule has 2 aromatic rings. The van der Waals surface area contributed by atoms with Crippen LogP contribution in [0, 0.1) is 0 Å². The van der Waals surface area contributed by atoms with Crippen LogP contribution in [-0.2, 0) is 14.4 Å². The molecule has 0 saturated carbocycles. The van der Waals surface area contributed by atoms with Gasteiger partial charge in [0.1, 0.15) is 6.54 Å². The number of carbonyl (C=O) groups excluding carboxylic acids is 3. The molecule has 2 aromatic carbocycles. The van der Waals surface area contributed by atoms with Gasteiger partial charge in [0.2, 0.25) is 11.8 Å². The molecule has 1 atom stereocenters. The highest BCUT2D eigenvalue weighted by Crippen LogP contribution is 2.40. The van der Waals surface area contributed by atoms with Crippen molar-refractivity contribution in [2.75, 3.05) is 29.9 Å². The van der Waals surface area contributed by atoms with E-state index in [0.717, 1.165) is 22.2 Å². The van der Waals surface area contributed by atoms with Crippen molar-refractivity contribution in [2.45, 2.75) is 23.0 Å². The lowest BCUT2D eigenvalue weighted by atomic mass is 10.2. The molecule has 1 unspecified atom stereocenters. The number of hydrogen-bond acceptors (Lipinski definition) is 4. The second kappa shape index (κ2) is 8.59. The minimum atomic E-state index is -0.846. The van der Waals surface area contributed by atoms with Gasteiger partial charge in [-0.3, -0.25) is 14.4 Å². The molecule has 150 valence electrons. The lowest BCUT2D eigenvalue weighted by Gasteiger charge is -2.34. The molecule has 1 fully saturated rings. The van der Waals surface area contributed by atoms with Crippen LogP contribution < -0.4 is 10.2 Å². The third-order valence-corrected chi connectivity index (χ3v) is 6.67. The highest BCUT2D eigenvalue weighted by molar-refractivity contribution is 9.10. The van der Waals surface area contributed by atoms with Gasteiger partial charge in [-0.1, -0.05) is 34.1 Å². The molecule has 29 heavy (non-hydrogen) atoms. The van der Waals surface area contributed by atoms with Crippen LogP contribution in [0.1, 0.15) is 12.8 Å². The third-order valence-electron chi connectivity index (χ3n) is 4.94. The smallest absolute Gasteiger partial charge is 0.250 e. The second-order valence-corrected chi connectivity index (χ2v) is 9.04. The largest absolute Gasteiger partial charge is 0.341 e. The number of benzene rings is 2. The summed E-state index contributed by atoms with van der Waals surface area (Å²) in [5, 5.41) is 1.97. The molecule has 0 spiro atoms. The third kappa shape index (κ3) is 4.33. The summed E-state index contributed by atoms with van der Waals surface area (Å²) < 4.78 is 0.849. The lowest BCUT2D eigenvalue weighted by Crippen LogP contribution is -2.51. The summed E-state index contributed by atoms with van der Waals surface area (Å²) >= 11 is 4.65. The first-order chi connectivity index (χ1) is 14.0. The number of amides is 3. The van der Waals surface area contributed by atoms with Crippen LogP contribution in [0.15, 0.2) is 57.9 Å². The van der Waals surface area contributed by atoms with Crippen molar-refractivity contribution in [2.24, 2.45) is 0 Å². The number of rotatable bonds is 4. The molecular formula is C21H20BrN3O3S. The maximum Gasteiger partial charge on any atom is 0.250 e. The Morgan fingerprint density at radius 1 is 1.10 bits per heavy atom. The standard InChI is InChI=1S/C21H20BrN3O3S/c22-14-6-5-7-15(12-14)23-18(26)13-25-16-8-1-2-9-17(16)29-19(21(25)28)20(27)24-10-3-4-11-24/h1-2,5-9,12,19H,3-4,10-11,13H2,(H,23,26). The maximum atomic E-state index is 13.2. The molecule has 6 nitrogen and oxygen atoms in total. The van der Waals surface area contributed by atoms with E-state index in [1.807, 2.05) is 36.4 Å². The van der Waals surface area contributed by atoms with E-state index < -0.39 is 5.25 Å². The van der Waals surface area contributed by atoms with Crippen LogP contribution in [0.2, 0.25) is 0 Å². The fourth-order valence-electron chi connectivity index (χ4n) is 3.55. The molecule has 3 amide bonds. The number of nitrogens with zero attached hydrogens (tertiary/aromatic N) is 2. The van der Waals surface area contributed by atoms with E-state index in [9.17, 15) is 14.4 Å². The van der Waals surface area contributed by atoms with Crippen molar-refractivity contribution in [1.82, 2.24) is 4.90 Å². The highest BCUT2D eigenvalue weighted by atomic mass is 79.9. The fraction of sp³-hybridized carbons (Fsp3) is 0.286. The first kappa shape index (κ1) is 20.0. The van der Waals surface area contributed by atoms with E-state index in [4.69, 9.17) is 0 Å². The molecule has 0 radical (unpaired) electrons. The number of para-hydroxylation sites is 1. The van der Waals surface area contributed by atoms with E-state index in [1.54, 1.807) is 17.0 Å². The number of likely N-dealkylation sites (tertiary alicyclic amines) is 1. The molecule has 1 saturated heterocycles. The molecule has 2 aliphatic rings. The van der Waals surface area contributed by atoms with Gasteiger partial charge in [-0.15, -0.1) is 11.8 Å². The summed E-state index contributed by atoms with van der Waals surface area (Å²) in [6, 6.07) is 14.7. The molecule has 0 bridgehead atoms. The Balaban J connectivity index is 1.56. The van der Waals surface area contributed by atoms with Crippen molar-refractivity contribution in [3.05, 3.63) is 53.0 Å². The quantitative estimate of drug-likeness (QED) is 0.689. The van der Waals surface area contributed by atoms with Crippen molar-refractivity contribution in [3.8, 4) is 0 Å². The zero-order chi connectivity index (χ0) is 20.4. The SMILES string of the molecule is O=C(CN1C(=O)C(C(=O)N2CCCC2)Sc2ccccc21)Nc1cccc(Br)c1. The van der Waals surface area contributed by atoms with Gasteiger partial charge < -0.3 is 15.1 Å². The van der Waals surface area contributed by atoms with Crippen molar-refractivity contribution < 1.29 is 14.4 Å². The van der Waals surface area contributed by atoms with Crippen LogP contribution in [0.5, 0.6) is 0 Å². The van der Waals surface area contributed by atoms with Crippen LogP contribution >= 0.6 is 27.7 Å². The van der Waals surface area contributed by atoms with Crippen LogP contribution in [-0.4, -0.2) is 47.5 Å². The molecular weight excluding hydrogens is 454 g/mol. The molecule has 2 aliphatic heterocycles. The van der Waals surface area contributed by atoms with E-state index >= 15 is 0 Å². The van der Waals surface area contributed by atoms with Crippen LogP contribution in [0.3, 0.4) is 0 Å².